The quantitative estimate of drug-likeness (QED) is 0.870. The molecule has 0 spiro atoms. The van der Waals surface area contributed by atoms with E-state index in [-0.39, 0.29) is 25.3 Å². The number of carboxylic acids is 1. The minimum Gasteiger partial charge on any atom is -0.480 e. The van der Waals surface area contributed by atoms with Crippen LogP contribution in [-0.4, -0.2) is 59.7 Å². The van der Waals surface area contributed by atoms with E-state index in [9.17, 15) is 9.59 Å². The number of likely N-dealkylation sites (tertiary alicyclic amines) is 1. The number of piperidine rings is 1. The molecule has 126 valence electrons. The average molecular weight is 320 g/mol. The summed E-state index contributed by atoms with van der Waals surface area (Å²) in [5, 5.41) is 8.85. The molecule has 1 saturated heterocycles. The van der Waals surface area contributed by atoms with Crippen LogP contribution >= 0.6 is 0 Å². The summed E-state index contributed by atoms with van der Waals surface area (Å²) >= 11 is 0. The lowest BCUT2D eigenvalue weighted by molar-refractivity contribution is -0.138. The third-order valence-corrected chi connectivity index (χ3v) is 3.99. The van der Waals surface area contributed by atoms with Gasteiger partial charge in [-0.05, 0) is 31.9 Å². The van der Waals surface area contributed by atoms with E-state index < -0.39 is 5.97 Å². The highest BCUT2D eigenvalue weighted by atomic mass is 16.6. The first-order valence-electron chi connectivity index (χ1n) is 7.94. The van der Waals surface area contributed by atoms with Gasteiger partial charge in [-0.1, -0.05) is 30.3 Å². The zero-order valence-corrected chi connectivity index (χ0v) is 13.5. The maximum absolute atomic E-state index is 12.4. The van der Waals surface area contributed by atoms with Crippen molar-refractivity contribution < 1.29 is 19.4 Å². The molecule has 1 atom stereocenters. The van der Waals surface area contributed by atoms with E-state index >= 15 is 0 Å². The van der Waals surface area contributed by atoms with Gasteiger partial charge in [0.1, 0.15) is 6.61 Å². The number of aliphatic carboxylic acids is 1. The highest BCUT2D eigenvalue weighted by Crippen LogP contribution is 2.19. The third kappa shape index (κ3) is 5.56. The lowest BCUT2D eigenvalue weighted by atomic mass is 10.0. The molecule has 1 aromatic carbocycles. The summed E-state index contributed by atoms with van der Waals surface area (Å²) in [5.41, 5.74) is 0.956. The minimum absolute atomic E-state index is 0.0105. The number of nitrogens with zero attached hydrogens (tertiary/aromatic N) is 2. The number of carbonyl (C=O) groups excluding carboxylic acids is 1. The van der Waals surface area contributed by atoms with Crippen molar-refractivity contribution in [3.8, 4) is 0 Å². The Hall–Kier alpha value is -2.08. The number of likely N-dealkylation sites (N-methyl/N-ethyl adjacent to an activating group) is 1. The summed E-state index contributed by atoms with van der Waals surface area (Å²) in [6, 6.07) is 9.59. The maximum atomic E-state index is 12.4. The van der Waals surface area contributed by atoms with Gasteiger partial charge in [-0.15, -0.1) is 0 Å². The van der Waals surface area contributed by atoms with Crippen LogP contribution in [-0.2, 0) is 16.1 Å². The summed E-state index contributed by atoms with van der Waals surface area (Å²) < 4.78 is 5.41. The zero-order valence-electron chi connectivity index (χ0n) is 13.5. The average Bonchev–Trinajstić information content (AvgIpc) is 2.53. The zero-order chi connectivity index (χ0) is 16.7. The van der Waals surface area contributed by atoms with Crippen LogP contribution in [0.4, 0.5) is 4.79 Å². The Labute approximate surface area is 136 Å². The maximum Gasteiger partial charge on any atom is 0.410 e. The van der Waals surface area contributed by atoms with Crippen molar-refractivity contribution in [1.29, 1.82) is 0 Å². The first-order valence-corrected chi connectivity index (χ1v) is 7.94. The van der Waals surface area contributed by atoms with Crippen LogP contribution in [0.25, 0.3) is 0 Å². The first-order chi connectivity index (χ1) is 11.1. The number of ether oxygens (including phenoxy) is 1. The van der Waals surface area contributed by atoms with Crippen molar-refractivity contribution in [1.82, 2.24) is 9.80 Å². The SMILES string of the molecule is CN(CC(=O)O)CC1CCCCN1C(=O)OCc1ccccc1. The summed E-state index contributed by atoms with van der Waals surface area (Å²) in [4.78, 5) is 26.6. The van der Waals surface area contributed by atoms with Crippen LogP contribution in [0.5, 0.6) is 0 Å². The van der Waals surface area contributed by atoms with Gasteiger partial charge in [0.15, 0.2) is 0 Å². The molecule has 23 heavy (non-hydrogen) atoms. The third-order valence-electron chi connectivity index (χ3n) is 3.99. The van der Waals surface area contributed by atoms with Gasteiger partial charge in [0.05, 0.1) is 6.54 Å². The summed E-state index contributed by atoms with van der Waals surface area (Å²) in [6.07, 6.45) is 2.57. The van der Waals surface area contributed by atoms with Gasteiger partial charge >= 0.3 is 12.1 Å². The van der Waals surface area contributed by atoms with Crippen molar-refractivity contribution in [2.45, 2.75) is 31.9 Å². The fourth-order valence-corrected chi connectivity index (χ4v) is 2.89. The van der Waals surface area contributed by atoms with Gasteiger partial charge in [-0.2, -0.15) is 0 Å². The number of hydrogen-bond acceptors (Lipinski definition) is 4. The monoisotopic (exact) mass is 320 g/mol. The molecule has 1 N–H and O–H groups in total. The second-order valence-electron chi connectivity index (χ2n) is 5.97. The Kier molecular flexibility index (Phi) is 6.40. The Morgan fingerprint density at radius 1 is 1.30 bits per heavy atom. The van der Waals surface area contributed by atoms with Gasteiger partial charge in [-0.3, -0.25) is 9.69 Å². The van der Waals surface area contributed by atoms with E-state index in [1.807, 2.05) is 30.3 Å². The molecule has 0 aromatic heterocycles. The minimum atomic E-state index is -0.860. The molecule has 1 aromatic rings. The second kappa shape index (κ2) is 8.53. The number of hydrogen-bond donors (Lipinski definition) is 1. The Morgan fingerprint density at radius 3 is 2.74 bits per heavy atom. The highest BCUT2D eigenvalue weighted by Gasteiger charge is 2.29. The van der Waals surface area contributed by atoms with Crippen LogP contribution in [0.2, 0.25) is 0 Å². The van der Waals surface area contributed by atoms with Crippen molar-refractivity contribution in [2.75, 3.05) is 26.7 Å². The van der Waals surface area contributed by atoms with E-state index in [1.54, 1.807) is 16.8 Å². The van der Waals surface area contributed by atoms with Crippen LogP contribution in [0.1, 0.15) is 24.8 Å². The molecule has 1 aliphatic rings. The van der Waals surface area contributed by atoms with E-state index in [4.69, 9.17) is 9.84 Å². The van der Waals surface area contributed by atoms with E-state index in [0.717, 1.165) is 24.8 Å². The Balaban J connectivity index is 1.89. The van der Waals surface area contributed by atoms with Gasteiger partial charge in [0.2, 0.25) is 0 Å². The molecule has 1 heterocycles. The lowest BCUT2D eigenvalue weighted by Gasteiger charge is -2.36. The van der Waals surface area contributed by atoms with Gasteiger partial charge in [0, 0.05) is 19.1 Å². The summed E-state index contributed by atoms with van der Waals surface area (Å²) in [7, 11) is 1.76. The highest BCUT2D eigenvalue weighted by molar-refractivity contribution is 5.69. The van der Waals surface area contributed by atoms with Crippen molar-refractivity contribution in [3.05, 3.63) is 35.9 Å². The molecule has 1 amide bonds. The van der Waals surface area contributed by atoms with E-state index in [2.05, 4.69) is 0 Å². The molecule has 1 unspecified atom stereocenters. The molecule has 2 rings (SSSR count). The van der Waals surface area contributed by atoms with Crippen molar-refractivity contribution in [3.63, 3.8) is 0 Å². The topological polar surface area (TPSA) is 70.1 Å². The van der Waals surface area contributed by atoms with E-state index in [0.29, 0.717) is 13.1 Å². The first kappa shape index (κ1) is 17.3. The molecule has 0 aliphatic carbocycles. The number of rotatable bonds is 6. The van der Waals surface area contributed by atoms with Crippen molar-refractivity contribution in [2.24, 2.45) is 0 Å². The van der Waals surface area contributed by atoms with Crippen LogP contribution in [0.15, 0.2) is 30.3 Å². The number of benzene rings is 1. The summed E-state index contributed by atoms with van der Waals surface area (Å²) in [5.74, 6) is -0.860. The normalized spacial score (nSPS) is 18.0. The second-order valence-corrected chi connectivity index (χ2v) is 5.97. The van der Waals surface area contributed by atoms with Gasteiger partial charge in [-0.25, -0.2) is 4.79 Å². The Bertz CT molecular complexity index is 521. The standard InChI is InChI=1S/C17H24N2O4/c1-18(12-16(20)21)11-15-9-5-6-10-19(15)17(22)23-13-14-7-3-2-4-8-14/h2-4,7-8,15H,5-6,9-13H2,1H3,(H,20,21). The smallest absolute Gasteiger partial charge is 0.410 e. The van der Waals surface area contributed by atoms with Crippen LogP contribution < -0.4 is 0 Å². The Morgan fingerprint density at radius 2 is 2.04 bits per heavy atom. The van der Waals surface area contributed by atoms with E-state index in [1.165, 1.54) is 0 Å². The van der Waals surface area contributed by atoms with Gasteiger partial charge < -0.3 is 14.7 Å². The predicted octanol–water partition coefficient (Wildman–Crippen LogP) is 2.19. The molecule has 0 bridgehead atoms. The van der Waals surface area contributed by atoms with Crippen molar-refractivity contribution >= 4 is 12.1 Å². The molecule has 1 aliphatic heterocycles. The molecule has 0 saturated carbocycles. The number of amides is 1. The fourth-order valence-electron chi connectivity index (χ4n) is 2.89. The summed E-state index contributed by atoms with van der Waals surface area (Å²) in [6.45, 7) is 1.45. The molecule has 6 heteroatoms. The molecule has 1 fully saturated rings. The molecule has 0 radical (unpaired) electrons. The van der Waals surface area contributed by atoms with Gasteiger partial charge in [0.25, 0.3) is 0 Å². The fraction of sp³-hybridized carbons (Fsp3) is 0.529. The van der Waals surface area contributed by atoms with Crippen LogP contribution in [0.3, 0.4) is 0 Å². The molecular weight excluding hydrogens is 296 g/mol. The number of carboxylic acid groups (broad SMARTS) is 1. The number of carbonyl (C=O) groups is 2. The largest absolute Gasteiger partial charge is 0.480 e. The molecular formula is C17H24N2O4. The lowest BCUT2D eigenvalue weighted by Crippen LogP contribution is -2.49. The van der Waals surface area contributed by atoms with Crippen LogP contribution in [0, 0.1) is 0 Å². The predicted molar refractivity (Wildman–Crippen MR) is 86.1 cm³/mol. The molecule has 6 nitrogen and oxygen atoms in total.